The van der Waals surface area contributed by atoms with E-state index in [0.29, 0.717) is 28.4 Å². The number of carbonyl (C=O) groups excluding carboxylic acids is 2. The Labute approximate surface area is 179 Å². The highest BCUT2D eigenvalue weighted by atomic mass is 35.5. The smallest absolute Gasteiger partial charge is 0.412 e. The largest absolute Gasteiger partial charge is 0.464 e. The van der Waals surface area contributed by atoms with Crippen LogP contribution in [0.3, 0.4) is 0 Å². The number of fused-ring (bicyclic) bond motifs is 1. The summed E-state index contributed by atoms with van der Waals surface area (Å²) in [6, 6.07) is 8.52. The van der Waals surface area contributed by atoms with Crippen molar-refractivity contribution in [1.29, 1.82) is 0 Å². The second-order valence-corrected chi connectivity index (χ2v) is 8.12. The molecule has 30 heavy (non-hydrogen) atoms. The molecule has 1 aromatic carbocycles. The van der Waals surface area contributed by atoms with E-state index in [1.807, 2.05) is 17.6 Å². The van der Waals surface area contributed by atoms with Crippen molar-refractivity contribution in [3.05, 3.63) is 52.4 Å². The maximum atomic E-state index is 11.9. The first-order valence-electron chi connectivity index (χ1n) is 9.28. The van der Waals surface area contributed by atoms with E-state index in [-0.39, 0.29) is 5.69 Å². The van der Waals surface area contributed by atoms with Crippen molar-refractivity contribution in [2.75, 3.05) is 12.4 Å². The molecule has 0 aliphatic carbocycles. The number of imidazole rings is 1. The van der Waals surface area contributed by atoms with E-state index in [4.69, 9.17) is 21.1 Å². The molecule has 158 valence electrons. The number of carbonyl (C=O) groups is 2. The molecule has 0 fully saturated rings. The molecular weight excluding hydrogens is 408 g/mol. The number of halogens is 1. The van der Waals surface area contributed by atoms with Crippen molar-refractivity contribution < 1.29 is 19.1 Å². The maximum absolute atomic E-state index is 11.9. The Morgan fingerprint density at radius 3 is 2.53 bits per heavy atom. The zero-order valence-electron chi connectivity index (χ0n) is 17.4. The fraction of sp³-hybridized carbons (Fsp3) is 0.333. The minimum Gasteiger partial charge on any atom is -0.464 e. The van der Waals surface area contributed by atoms with Gasteiger partial charge in [0.25, 0.3) is 0 Å². The number of benzene rings is 1. The molecule has 0 aliphatic heterocycles. The molecule has 8 nitrogen and oxygen atoms in total. The van der Waals surface area contributed by atoms with Crippen molar-refractivity contribution in [2.24, 2.45) is 0 Å². The predicted octanol–water partition coefficient (Wildman–Crippen LogP) is 4.58. The van der Waals surface area contributed by atoms with Crippen LogP contribution in [-0.2, 0) is 16.0 Å². The van der Waals surface area contributed by atoms with Crippen molar-refractivity contribution in [1.82, 2.24) is 14.5 Å². The summed E-state index contributed by atoms with van der Waals surface area (Å²) in [6.45, 7) is 7.62. The highest BCUT2D eigenvalue weighted by Crippen LogP contribution is 2.25. The molecule has 2 aromatic heterocycles. The van der Waals surface area contributed by atoms with E-state index >= 15 is 0 Å². The molecule has 0 aliphatic rings. The third-order valence-electron chi connectivity index (χ3n) is 4.20. The van der Waals surface area contributed by atoms with Crippen molar-refractivity contribution in [3.63, 3.8) is 0 Å². The van der Waals surface area contributed by atoms with E-state index in [1.54, 1.807) is 45.0 Å². The highest BCUT2D eigenvalue weighted by Gasteiger charge is 2.17. The third kappa shape index (κ3) is 4.88. The number of aromatic nitrogens is 3. The SMILES string of the molecule is COC(=O)c1ccc2nc(C)n(Cc3ccc(NC(=O)OC(C)(C)C)cc3Cl)c2n1. The predicted molar refractivity (Wildman–Crippen MR) is 114 cm³/mol. The van der Waals surface area contributed by atoms with Crippen molar-refractivity contribution in [2.45, 2.75) is 39.8 Å². The lowest BCUT2D eigenvalue weighted by molar-refractivity contribution is 0.0592. The van der Waals surface area contributed by atoms with Gasteiger partial charge in [0.15, 0.2) is 11.3 Å². The van der Waals surface area contributed by atoms with Crippen LogP contribution < -0.4 is 5.32 Å². The molecule has 2 heterocycles. The van der Waals surface area contributed by atoms with E-state index in [0.717, 1.165) is 11.4 Å². The minimum absolute atomic E-state index is 0.203. The van der Waals surface area contributed by atoms with Crippen LogP contribution in [0.5, 0.6) is 0 Å². The fourth-order valence-corrected chi connectivity index (χ4v) is 3.11. The van der Waals surface area contributed by atoms with Gasteiger partial charge in [0.1, 0.15) is 16.9 Å². The Bertz CT molecular complexity index is 1120. The quantitative estimate of drug-likeness (QED) is 0.609. The Morgan fingerprint density at radius 1 is 1.17 bits per heavy atom. The summed E-state index contributed by atoms with van der Waals surface area (Å²) in [4.78, 5) is 32.6. The van der Waals surface area contributed by atoms with Crippen LogP contribution >= 0.6 is 11.6 Å². The average Bonchev–Trinajstić information content (AvgIpc) is 2.96. The molecule has 1 N–H and O–H groups in total. The number of nitrogens with zero attached hydrogens (tertiary/aromatic N) is 3. The molecule has 9 heteroatoms. The summed E-state index contributed by atoms with van der Waals surface area (Å²) in [6.07, 6.45) is -0.553. The van der Waals surface area contributed by atoms with Crippen molar-refractivity contribution >= 4 is 40.5 Å². The van der Waals surface area contributed by atoms with Crippen LogP contribution in [0.25, 0.3) is 11.2 Å². The van der Waals surface area contributed by atoms with Gasteiger partial charge in [-0.05, 0) is 57.5 Å². The first kappa shape index (κ1) is 21.6. The summed E-state index contributed by atoms with van der Waals surface area (Å²) in [7, 11) is 1.31. The first-order valence-corrected chi connectivity index (χ1v) is 9.66. The van der Waals surface area contributed by atoms with Gasteiger partial charge < -0.3 is 14.0 Å². The summed E-state index contributed by atoms with van der Waals surface area (Å²) >= 11 is 6.45. The summed E-state index contributed by atoms with van der Waals surface area (Å²) < 4.78 is 11.9. The number of nitrogens with one attached hydrogen (secondary N) is 1. The maximum Gasteiger partial charge on any atom is 0.412 e. The van der Waals surface area contributed by atoms with Gasteiger partial charge in [-0.1, -0.05) is 17.7 Å². The van der Waals surface area contributed by atoms with Crippen LogP contribution in [0.1, 0.15) is 42.6 Å². The standard InChI is InChI=1S/C21H23ClN4O4/c1-12-23-16-8-9-17(19(27)29-5)25-18(16)26(12)11-13-6-7-14(10-15(13)22)24-20(28)30-21(2,3)4/h6-10H,11H2,1-5H3,(H,24,28). The van der Waals surface area contributed by atoms with Gasteiger partial charge in [0.05, 0.1) is 13.7 Å². The molecule has 1 amide bonds. The van der Waals surface area contributed by atoms with Gasteiger partial charge >= 0.3 is 12.1 Å². The van der Waals surface area contributed by atoms with E-state index in [1.165, 1.54) is 7.11 Å². The summed E-state index contributed by atoms with van der Waals surface area (Å²) in [5.41, 5.74) is 2.16. The van der Waals surface area contributed by atoms with Gasteiger partial charge in [-0.2, -0.15) is 0 Å². The molecule has 0 spiro atoms. The summed E-state index contributed by atoms with van der Waals surface area (Å²) in [5.74, 6) is 0.212. The molecule has 0 unspecified atom stereocenters. The topological polar surface area (TPSA) is 95.3 Å². The van der Waals surface area contributed by atoms with Crippen LogP contribution in [0.4, 0.5) is 10.5 Å². The normalized spacial score (nSPS) is 11.4. The van der Waals surface area contributed by atoms with Crippen LogP contribution in [0, 0.1) is 6.92 Å². The number of methoxy groups -OCH3 is 1. The van der Waals surface area contributed by atoms with Crippen LogP contribution in [0.2, 0.25) is 5.02 Å². The van der Waals surface area contributed by atoms with Gasteiger partial charge in [0.2, 0.25) is 0 Å². The molecule has 0 bridgehead atoms. The van der Waals surface area contributed by atoms with E-state index in [2.05, 4.69) is 15.3 Å². The molecule has 0 radical (unpaired) electrons. The molecule has 0 atom stereocenters. The number of aryl methyl sites for hydroxylation is 1. The fourth-order valence-electron chi connectivity index (χ4n) is 2.87. The van der Waals surface area contributed by atoms with Crippen molar-refractivity contribution in [3.8, 4) is 0 Å². The van der Waals surface area contributed by atoms with Crippen LogP contribution in [0.15, 0.2) is 30.3 Å². The average molecular weight is 431 g/mol. The lowest BCUT2D eigenvalue weighted by Gasteiger charge is -2.20. The van der Waals surface area contributed by atoms with Gasteiger partial charge in [-0.15, -0.1) is 0 Å². The zero-order chi connectivity index (χ0) is 22.1. The van der Waals surface area contributed by atoms with Crippen LogP contribution in [-0.4, -0.2) is 39.3 Å². The lowest BCUT2D eigenvalue weighted by atomic mass is 10.2. The number of rotatable bonds is 4. The Kier molecular flexibility index (Phi) is 5.98. The second kappa shape index (κ2) is 8.31. The number of hydrogen-bond donors (Lipinski definition) is 1. The number of hydrogen-bond acceptors (Lipinski definition) is 6. The highest BCUT2D eigenvalue weighted by molar-refractivity contribution is 6.31. The first-order chi connectivity index (χ1) is 14.1. The molecule has 0 saturated heterocycles. The number of pyridine rings is 1. The van der Waals surface area contributed by atoms with E-state index in [9.17, 15) is 9.59 Å². The second-order valence-electron chi connectivity index (χ2n) is 7.71. The lowest BCUT2D eigenvalue weighted by Crippen LogP contribution is -2.27. The monoisotopic (exact) mass is 430 g/mol. The molecule has 0 saturated carbocycles. The zero-order valence-corrected chi connectivity index (χ0v) is 18.2. The Hall–Kier alpha value is -3.13. The molecular formula is C21H23ClN4O4. The number of anilines is 1. The van der Waals surface area contributed by atoms with Gasteiger partial charge in [-0.3, -0.25) is 5.32 Å². The Balaban J connectivity index is 1.86. The number of ether oxygens (including phenoxy) is 2. The minimum atomic E-state index is -0.593. The van der Waals surface area contributed by atoms with Gasteiger partial charge in [0, 0.05) is 10.7 Å². The Morgan fingerprint density at radius 2 is 1.90 bits per heavy atom. The molecule has 3 rings (SSSR count). The number of amides is 1. The van der Waals surface area contributed by atoms with E-state index < -0.39 is 17.7 Å². The third-order valence-corrected chi connectivity index (χ3v) is 4.56. The van der Waals surface area contributed by atoms with Gasteiger partial charge in [-0.25, -0.2) is 19.6 Å². The number of esters is 1. The molecule has 3 aromatic rings. The summed E-state index contributed by atoms with van der Waals surface area (Å²) in [5, 5.41) is 3.13.